The van der Waals surface area contributed by atoms with Crippen LogP contribution < -0.4 is 64.1 Å². The van der Waals surface area contributed by atoms with E-state index in [-0.39, 0.29) is 93.1 Å². The predicted octanol–water partition coefficient (Wildman–Crippen LogP) is -3.24. The molecule has 13 nitrogen and oxygen atoms in total. The van der Waals surface area contributed by atoms with E-state index >= 15 is 0 Å². The summed E-state index contributed by atoms with van der Waals surface area (Å²) < 4.78 is 69.7. The molecule has 0 fully saturated rings. The molecule has 0 saturated heterocycles. The molecule has 39 heavy (non-hydrogen) atoms. The number of hydrogen-bond donors (Lipinski definition) is 2. The number of ether oxygens (including phenoxy) is 1. The smallest absolute Gasteiger partial charge is 0.461 e. The van der Waals surface area contributed by atoms with Gasteiger partial charge in [-0.05, 0) is 43.3 Å². The van der Waals surface area contributed by atoms with Crippen LogP contribution in [0.25, 0.3) is 10.8 Å². The molecule has 1 heterocycles. The molecule has 1 atom stereocenters. The van der Waals surface area contributed by atoms with E-state index < -0.39 is 43.1 Å². The minimum absolute atomic E-state index is 0. The maximum absolute atomic E-state index is 13.1. The van der Waals surface area contributed by atoms with Crippen LogP contribution in [-0.4, -0.2) is 56.2 Å². The Bertz CT molecular complexity index is 1690. The Morgan fingerprint density at radius 3 is 2.13 bits per heavy atom. The standard InChI is InChI=1S/C22H18N4O9S2.2Na/c1-2-35-22(28)20-19(21(27)26(25-20)13-7-9-14(10-8-13)36(29,30)31)24-23-17-11-12-18(37(32,33)34)16-6-4-3-5-15(16)17;;/h3-12,19H,2H2,1H3,(H,29,30,31)(H,32,33,34);;/q;2*+1. The van der Waals surface area contributed by atoms with Gasteiger partial charge in [-0.2, -0.15) is 37.2 Å². The van der Waals surface area contributed by atoms with E-state index in [9.17, 15) is 31.0 Å². The quantitative estimate of drug-likeness (QED) is 0.123. The molecule has 1 unspecified atom stereocenters. The van der Waals surface area contributed by atoms with Gasteiger partial charge in [0.15, 0.2) is 5.71 Å². The summed E-state index contributed by atoms with van der Waals surface area (Å²) in [6, 6.07) is 11.6. The summed E-state index contributed by atoms with van der Waals surface area (Å²) >= 11 is 0. The monoisotopic (exact) mass is 592 g/mol. The molecule has 1 aliphatic heterocycles. The zero-order chi connectivity index (χ0) is 27.0. The Hall–Kier alpha value is -2.05. The van der Waals surface area contributed by atoms with Gasteiger partial charge < -0.3 is 4.74 Å². The van der Waals surface area contributed by atoms with E-state index in [4.69, 9.17) is 9.29 Å². The first-order valence-corrected chi connectivity index (χ1v) is 13.4. The minimum Gasteiger partial charge on any atom is -0.461 e. The zero-order valence-corrected chi connectivity index (χ0v) is 26.5. The Morgan fingerprint density at radius 2 is 1.56 bits per heavy atom. The van der Waals surface area contributed by atoms with Crippen LogP contribution in [0.4, 0.5) is 11.4 Å². The van der Waals surface area contributed by atoms with Gasteiger partial charge in [-0.3, -0.25) is 13.9 Å². The molecule has 0 spiro atoms. The molecule has 0 radical (unpaired) electrons. The van der Waals surface area contributed by atoms with Crippen LogP contribution in [0.5, 0.6) is 0 Å². The van der Waals surface area contributed by atoms with Crippen LogP contribution in [0.3, 0.4) is 0 Å². The van der Waals surface area contributed by atoms with Crippen molar-refractivity contribution < 1.29 is 99.4 Å². The maximum Gasteiger partial charge on any atom is 1.00 e. The Labute approximate surface area is 267 Å². The van der Waals surface area contributed by atoms with Crippen LogP contribution in [0, 0.1) is 0 Å². The van der Waals surface area contributed by atoms with E-state index in [1.807, 2.05) is 0 Å². The van der Waals surface area contributed by atoms with E-state index in [2.05, 4.69) is 15.3 Å². The largest absolute Gasteiger partial charge is 1.00 e. The van der Waals surface area contributed by atoms with E-state index in [1.165, 1.54) is 30.3 Å². The summed E-state index contributed by atoms with van der Waals surface area (Å²) in [4.78, 5) is 24.9. The Morgan fingerprint density at radius 1 is 0.949 bits per heavy atom. The van der Waals surface area contributed by atoms with Crippen LogP contribution in [0.15, 0.2) is 85.8 Å². The molecule has 17 heteroatoms. The first-order valence-electron chi connectivity index (χ1n) is 10.5. The molecule has 0 saturated carbocycles. The third-order valence-corrected chi connectivity index (χ3v) is 6.97. The van der Waals surface area contributed by atoms with Gasteiger partial charge in [0.1, 0.15) is 4.90 Å². The number of nitrogens with zero attached hydrogens (tertiary/aromatic N) is 4. The van der Waals surface area contributed by atoms with Crippen LogP contribution >= 0.6 is 0 Å². The van der Waals surface area contributed by atoms with Crippen molar-refractivity contribution in [1.82, 2.24) is 0 Å². The van der Waals surface area contributed by atoms with Gasteiger partial charge >= 0.3 is 65.1 Å². The van der Waals surface area contributed by atoms with Gasteiger partial charge in [0.2, 0.25) is 6.04 Å². The zero-order valence-electron chi connectivity index (χ0n) is 20.9. The number of fused-ring (bicyclic) bond motifs is 1. The van der Waals surface area contributed by atoms with Crippen molar-refractivity contribution in [1.29, 1.82) is 0 Å². The van der Waals surface area contributed by atoms with Crippen molar-refractivity contribution in [3.05, 3.63) is 60.7 Å². The number of amides is 1. The number of carbonyl (C=O) groups is 2. The summed E-state index contributed by atoms with van der Waals surface area (Å²) in [5.74, 6) is -1.73. The van der Waals surface area contributed by atoms with Gasteiger partial charge in [-0.15, -0.1) is 0 Å². The normalized spacial score (nSPS) is 15.6. The number of hydrazone groups is 1. The van der Waals surface area contributed by atoms with Gasteiger partial charge in [-0.25, -0.2) is 4.79 Å². The summed E-state index contributed by atoms with van der Waals surface area (Å²) in [6.07, 6.45) is 0. The maximum atomic E-state index is 13.1. The summed E-state index contributed by atoms with van der Waals surface area (Å²) in [7, 11) is -9.00. The molecule has 0 aliphatic carbocycles. The minimum atomic E-state index is -4.53. The topological polar surface area (TPSA) is 192 Å². The number of anilines is 1. The fourth-order valence-corrected chi connectivity index (χ4v) is 4.71. The number of benzene rings is 3. The molecule has 1 amide bonds. The molecule has 0 bridgehead atoms. The molecule has 3 aromatic carbocycles. The molecule has 4 rings (SSSR count). The second-order valence-electron chi connectivity index (χ2n) is 7.55. The van der Waals surface area contributed by atoms with Gasteiger partial charge in [-0.1, -0.05) is 24.3 Å². The summed E-state index contributed by atoms with van der Waals surface area (Å²) in [5, 5.41) is 13.3. The van der Waals surface area contributed by atoms with E-state index in [0.29, 0.717) is 5.39 Å². The summed E-state index contributed by atoms with van der Waals surface area (Å²) in [6.45, 7) is 1.54. The average molecular weight is 593 g/mol. The third-order valence-electron chi connectivity index (χ3n) is 5.19. The van der Waals surface area contributed by atoms with Crippen molar-refractivity contribution in [2.24, 2.45) is 15.3 Å². The van der Waals surface area contributed by atoms with Crippen LogP contribution in [-0.2, 0) is 34.6 Å². The number of rotatable bonds is 7. The van der Waals surface area contributed by atoms with Crippen molar-refractivity contribution in [2.45, 2.75) is 22.8 Å². The van der Waals surface area contributed by atoms with Crippen molar-refractivity contribution in [3.8, 4) is 0 Å². The van der Waals surface area contributed by atoms with E-state index in [1.54, 1.807) is 19.1 Å². The third kappa shape index (κ3) is 7.18. The van der Waals surface area contributed by atoms with E-state index in [0.717, 1.165) is 23.2 Å². The first-order chi connectivity index (χ1) is 17.4. The van der Waals surface area contributed by atoms with Crippen LogP contribution in [0.1, 0.15) is 6.92 Å². The molecule has 1 aliphatic rings. The average Bonchev–Trinajstić information content (AvgIpc) is 3.17. The van der Waals surface area contributed by atoms with Crippen molar-refractivity contribution in [2.75, 3.05) is 11.6 Å². The molecule has 192 valence electrons. The first kappa shape index (κ1) is 33.2. The second-order valence-corrected chi connectivity index (χ2v) is 10.4. The molecular weight excluding hydrogens is 574 g/mol. The number of azo groups is 1. The van der Waals surface area contributed by atoms with Crippen molar-refractivity contribution in [3.63, 3.8) is 0 Å². The fourth-order valence-electron chi connectivity index (χ4n) is 3.54. The molecule has 3 aromatic rings. The summed E-state index contributed by atoms with van der Waals surface area (Å²) in [5.41, 5.74) is -0.150. The SMILES string of the molecule is CCOC(=O)C1=NN(c2ccc(S(=O)(=O)O)cc2)C(=O)C1N=Nc1ccc(S(=O)(=O)O)c2ccccc12.[Na+].[Na+]. The fraction of sp³-hybridized carbons (Fsp3) is 0.136. The molecular formula is C22H18N4Na2O9S2+2. The second kappa shape index (κ2) is 13.1. The number of hydrogen-bond acceptors (Lipinski definition) is 10. The Kier molecular flexibility index (Phi) is 11.1. The van der Waals surface area contributed by atoms with Gasteiger partial charge in [0.25, 0.3) is 26.1 Å². The number of esters is 1. The van der Waals surface area contributed by atoms with Crippen molar-refractivity contribution >= 4 is 60.0 Å². The Balaban J connectivity index is 0.00000267. The van der Waals surface area contributed by atoms with Crippen LogP contribution in [0.2, 0.25) is 0 Å². The predicted molar refractivity (Wildman–Crippen MR) is 130 cm³/mol. The number of carbonyl (C=O) groups excluding carboxylic acids is 2. The van der Waals surface area contributed by atoms with Gasteiger partial charge in [0.05, 0.1) is 22.9 Å². The van der Waals surface area contributed by atoms with Gasteiger partial charge in [0, 0.05) is 10.8 Å². The molecule has 2 N–H and O–H groups in total. The molecule has 0 aromatic heterocycles.